The van der Waals surface area contributed by atoms with Gasteiger partial charge < -0.3 is 9.84 Å². The minimum absolute atomic E-state index is 0.537. The molecule has 0 radical (unpaired) electrons. The number of hydrogen-bond acceptors (Lipinski definition) is 3. The maximum absolute atomic E-state index is 11.8. The second kappa shape index (κ2) is 3.46. The van der Waals surface area contributed by atoms with Crippen LogP contribution in [0.5, 0.6) is 11.5 Å². The van der Waals surface area contributed by atoms with Crippen LogP contribution in [0.1, 0.15) is 5.56 Å². The summed E-state index contributed by atoms with van der Waals surface area (Å²) in [5, 5.41) is 17.5. The zero-order chi connectivity index (χ0) is 10.8. The van der Waals surface area contributed by atoms with E-state index in [9.17, 15) is 13.2 Å². The van der Waals surface area contributed by atoms with Crippen molar-refractivity contribution in [3.05, 3.63) is 23.8 Å². The molecule has 1 rings (SSSR count). The summed E-state index contributed by atoms with van der Waals surface area (Å²) in [7, 11) is 0. The van der Waals surface area contributed by atoms with Gasteiger partial charge in [0, 0.05) is 0 Å². The molecule has 0 aromatic heterocycles. The molecule has 1 N–H and O–H groups in total. The van der Waals surface area contributed by atoms with Crippen LogP contribution in [0.15, 0.2) is 18.2 Å². The van der Waals surface area contributed by atoms with Gasteiger partial charge in [0.1, 0.15) is 17.4 Å². The van der Waals surface area contributed by atoms with Gasteiger partial charge in [0.2, 0.25) is 0 Å². The Morgan fingerprint density at radius 3 is 2.50 bits per heavy atom. The molecule has 0 heterocycles. The van der Waals surface area contributed by atoms with Gasteiger partial charge in [-0.25, -0.2) is 0 Å². The van der Waals surface area contributed by atoms with E-state index < -0.39 is 23.4 Å². The summed E-state index contributed by atoms with van der Waals surface area (Å²) in [6.07, 6.45) is -4.88. The largest absolute Gasteiger partial charge is 0.573 e. The van der Waals surface area contributed by atoms with Crippen molar-refractivity contribution in [1.82, 2.24) is 0 Å². The van der Waals surface area contributed by atoms with Gasteiger partial charge in [-0.15, -0.1) is 13.2 Å². The smallest absolute Gasteiger partial charge is 0.506 e. The molecule has 0 saturated carbocycles. The monoisotopic (exact) mass is 203 g/mol. The highest BCUT2D eigenvalue weighted by Crippen LogP contribution is 2.30. The molecule has 74 valence electrons. The number of phenols is 1. The molecule has 0 aliphatic carbocycles. The summed E-state index contributed by atoms with van der Waals surface area (Å²) >= 11 is 0. The van der Waals surface area contributed by atoms with Crippen LogP contribution in [-0.2, 0) is 0 Å². The summed E-state index contributed by atoms with van der Waals surface area (Å²) in [5.41, 5.74) is -0.537. The van der Waals surface area contributed by atoms with Crippen molar-refractivity contribution >= 4 is 0 Å². The zero-order valence-electron chi connectivity index (χ0n) is 6.67. The Balaban J connectivity index is 3.10. The molecule has 1 aromatic rings. The van der Waals surface area contributed by atoms with Crippen LogP contribution in [0.4, 0.5) is 13.2 Å². The van der Waals surface area contributed by atoms with Crippen molar-refractivity contribution in [2.75, 3.05) is 0 Å². The van der Waals surface area contributed by atoms with Crippen molar-refractivity contribution in [1.29, 1.82) is 5.26 Å². The van der Waals surface area contributed by atoms with E-state index in [2.05, 4.69) is 4.74 Å². The third-order valence-electron chi connectivity index (χ3n) is 1.34. The molecule has 0 fully saturated rings. The number of nitrogens with zero attached hydrogens (tertiary/aromatic N) is 1. The summed E-state index contributed by atoms with van der Waals surface area (Å²) in [6.45, 7) is 0. The van der Waals surface area contributed by atoms with Gasteiger partial charge in [-0.2, -0.15) is 5.26 Å². The molecule has 0 spiro atoms. The van der Waals surface area contributed by atoms with Crippen LogP contribution in [0.25, 0.3) is 0 Å². The number of halogens is 3. The number of nitriles is 1. The number of ether oxygens (including phenoxy) is 1. The SMILES string of the molecule is N#Cc1c(O)cccc1OC(F)(F)F. The predicted molar refractivity (Wildman–Crippen MR) is 39.5 cm³/mol. The molecule has 3 nitrogen and oxygen atoms in total. The quantitative estimate of drug-likeness (QED) is 0.760. The topological polar surface area (TPSA) is 53.2 Å². The lowest BCUT2D eigenvalue weighted by Crippen LogP contribution is -2.17. The lowest BCUT2D eigenvalue weighted by Gasteiger charge is -2.10. The van der Waals surface area contributed by atoms with Gasteiger partial charge in [0.25, 0.3) is 0 Å². The summed E-state index contributed by atoms with van der Waals surface area (Å²) in [4.78, 5) is 0. The first-order valence-corrected chi connectivity index (χ1v) is 3.42. The molecule has 0 aliphatic rings. The molecule has 14 heavy (non-hydrogen) atoms. The normalized spacial score (nSPS) is 10.7. The molecule has 0 saturated heterocycles. The van der Waals surface area contributed by atoms with E-state index >= 15 is 0 Å². The van der Waals surface area contributed by atoms with Gasteiger partial charge in [-0.3, -0.25) is 0 Å². The van der Waals surface area contributed by atoms with Crippen molar-refractivity contribution in [3.8, 4) is 17.6 Å². The maximum Gasteiger partial charge on any atom is 0.573 e. The highest BCUT2D eigenvalue weighted by atomic mass is 19.4. The summed E-state index contributed by atoms with van der Waals surface area (Å²) in [6, 6.07) is 4.61. The fraction of sp³-hybridized carbons (Fsp3) is 0.125. The Morgan fingerprint density at radius 1 is 1.36 bits per heavy atom. The molecular formula is C8H4F3NO2. The van der Waals surface area contributed by atoms with Crippen molar-refractivity contribution < 1.29 is 23.0 Å². The standard InChI is InChI=1S/C8H4F3NO2/c9-8(10,11)14-7-3-1-2-6(13)5(7)4-12/h1-3,13H. The maximum atomic E-state index is 11.8. The fourth-order valence-corrected chi connectivity index (χ4v) is 0.842. The first-order valence-electron chi connectivity index (χ1n) is 3.42. The van der Waals surface area contributed by atoms with E-state index in [1.54, 1.807) is 0 Å². The number of hydrogen-bond donors (Lipinski definition) is 1. The highest BCUT2D eigenvalue weighted by Gasteiger charge is 2.32. The third kappa shape index (κ3) is 2.29. The van der Waals surface area contributed by atoms with E-state index in [0.29, 0.717) is 0 Å². The van der Waals surface area contributed by atoms with E-state index in [-0.39, 0.29) is 0 Å². The van der Waals surface area contributed by atoms with Crippen molar-refractivity contribution in [2.45, 2.75) is 6.36 Å². The van der Waals surface area contributed by atoms with Gasteiger partial charge in [-0.1, -0.05) is 6.07 Å². The van der Waals surface area contributed by atoms with Gasteiger partial charge in [-0.05, 0) is 12.1 Å². The summed E-state index contributed by atoms with van der Waals surface area (Å²) < 4.78 is 38.9. The minimum atomic E-state index is -4.88. The lowest BCUT2D eigenvalue weighted by molar-refractivity contribution is -0.274. The van der Waals surface area contributed by atoms with Crippen LogP contribution in [0.2, 0.25) is 0 Å². The fourth-order valence-electron chi connectivity index (χ4n) is 0.842. The molecule has 1 aromatic carbocycles. The molecule has 0 unspecified atom stereocenters. The number of benzene rings is 1. The van der Waals surface area contributed by atoms with Gasteiger partial charge >= 0.3 is 6.36 Å². The predicted octanol–water partition coefficient (Wildman–Crippen LogP) is 2.16. The number of phenolic OH excluding ortho intramolecular Hbond substituents is 1. The van der Waals surface area contributed by atoms with E-state index in [0.717, 1.165) is 18.2 Å². The zero-order valence-corrected chi connectivity index (χ0v) is 6.67. The highest BCUT2D eigenvalue weighted by molar-refractivity contribution is 5.51. The molecule has 0 atom stereocenters. The Bertz CT molecular complexity index is 381. The van der Waals surface area contributed by atoms with E-state index in [1.165, 1.54) is 6.07 Å². The molecular weight excluding hydrogens is 199 g/mol. The van der Waals surface area contributed by atoms with E-state index in [1.807, 2.05) is 0 Å². The molecule has 0 bridgehead atoms. The van der Waals surface area contributed by atoms with Gasteiger partial charge in [0.15, 0.2) is 5.75 Å². The van der Waals surface area contributed by atoms with Crippen LogP contribution >= 0.6 is 0 Å². The first kappa shape index (κ1) is 10.2. The Labute approximate surface area is 77.0 Å². The van der Waals surface area contributed by atoms with Crippen molar-refractivity contribution in [2.24, 2.45) is 0 Å². The second-order valence-corrected chi connectivity index (χ2v) is 2.31. The summed E-state index contributed by atoms with van der Waals surface area (Å²) in [5.74, 6) is -1.26. The van der Waals surface area contributed by atoms with Gasteiger partial charge in [0.05, 0.1) is 0 Å². The number of alkyl halides is 3. The number of aromatic hydroxyl groups is 1. The minimum Gasteiger partial charge on any atom is -0.506 e. The van der Waals surface area contributed by atoms with E-state index in [4.69, 9.17) is 10.4 Å². The molecule has 0 aliphatic heterocycles. The average molecular weight is 203 g/mol. The van der Waals surface area contributed by atoms with Crippen LogP contribution in [-0.4, -0.2) is 11.5 Å². The second-order valence-electron chi connectivity index (χ2n) is 2.31. The average Bonchev–Trinajstić information content (AvgIpc) is 2.01. The van der Waals surface area contributed by atoms with Crippen molar-refractivity contribution in [3.63, 3.8) is 0 Å². The van der Waals surface area contributed by atoms with Crippen LogP contribution in [0.3, 0.4) is 0 Å². The number of rotatable bonds is 1. The Morgan fingerprint density at radius 2 is 2.00 bits per heavy atom. The third-order valence-corrected chi connectivity index (χ3v) is 1.34. The van der Waals surface area contributed by atoms with Crippen LogP contribution < -0.4 is 4.74 Å². The first-order chi connectivity index (χ1) is 6.44. The Kier molecular flexibility index (Phi) is 2.51. The molecule has 6 heteroatoms. The lowest BCUT2D eigenvalue weighted by atomic mass is 10.2. The molecule has 0 amide bonds. The van der Waals surface area contributed by atoms with Crippen LogP contribution in [0, 0.1) is 11.3 Å². The Hall–Kier alpha value is -1.90.